The Morgan fingerprint density at radius 3 is 2.71 bits per heavy atom. The number of aliphatic hydroxyl groups excluding tert-OH is 1. The lowest BCUT2D eigenvalue weighted by Crippen LogP contribution is -2.26. The summed E-state index contributed by atoms with van der Waals surface area (Å²) in [4.78, 5) is 0. The predicted octanol–water partition coefficient (Wildman–Crippen LogP) is 0.263. The third kappa shape index (κ3) is 2.61. The first-order valence-electron chi connectivity index (χ1n) is 4.39. The highest BCUT2D eigenvalue weighted by Crippen LogP contribution is 2.23. The van der Waals surface area contributed by atoms with Crippen LogP contribution in [0.15, 0.2) is 18.2 Å². The molecular formula is C10H15NO3. The summed E-state index contributed by atoms with van der Waals surface area (Å²) in [6.45, 7) is -0.0918. The highest BCUT2D eigenvalue weighted by atomic mass is 16.5. The van der Waals surface area contributed by atoms with Crippen molar-refractivity contribution in [2.75, 3.05) is 13.7 Å². The maximum absolute atomic E-state index is 9.55. The zero-order chi connectivity index (χ0) is 10.6. The van der Waals surface area contributed by atoms with Crippen LogP contribution >= 0.6 is 0 Å². The lowest BCUT2D eigenvalue weighted by atomic mass is 10.1. The molecule has 0 bridgehead atoms. The molecule has 0 radical (unpaired) electrons. The van der Waals surface area contributed by atoms with E-state index in [0.717, 1.165) is 0 Å². The summed E-state index contributed by atoms with van der Waals surface area (Å²) in [5.41, 5.74) is 6.27. The largest absolute Gasteiger partial charge is 0.508 e. The summed E-state index contributed by atoms with van der Waals surface area (Å²) in [6.07, 6.45) is 0.451. The zero-order valence-electron chi connectivity index (χ0n) is 8.10. The van der Waals surface area contributed by atoms with Gasteiger partial charge in [0.25, 0.3) is 0 Å². The van der Waals surface area contributed by atoms with Crippen LogP contribution in [0.25, 0.3) is 0 Å². The normalized spacial score (nSPS) is 12.5. The minimum Gasteiger partial charge on any atom is -0.508 e. The first kappa shape index (κ1) is 10.8. The van der Waals surface area contributed by atoms with E-state index in [-0.39, 0.29) is 18.4 Å². The Balaban J connectivity index is 2.78. The molecule has 78 valence electrons. The Kier molecular flexibility index (Phi) is 3.73. The average molecular weight is 197 g/mol. The molecule has 1 atom stereocenters. The number of methoxy groups -OCH3 is 1. The Labute approximate surface area is 82.9 Å². The molecule has 1 unspecified atom stereocenters. The van der Waals surface area contributed by atoms with Gasteiger partial charge in [-0.3, -0.25) is 0 Å². The van der Waals surface area contributed by atoms with Crippen molar-refractivity contribution in [1.29, 1.82) is 0 Å². The van der Waals surface area contributed by atoms with Crippen molar-refractivity contribution in [3.8, 4) is 11.5 Å². The molecule has 0 aliphatic carbocycles. The predicted molar refractivity (Wildman–Crippen MR) is 53.4 cm³/mol. The third-order valence-electron chi connectivity index (χ3n) is 2.01. The molecule has 4 heteroatoms. The van der Waals surface area contributed by atoms with E-state index in [1.54, 1.807) is 12.1 Å². The van der Waals surface area contributed by atoms with Gasteiger partial charge in [0, 0.05) is 12.1 Å². The topological polar surface area (TPSA) is 75.7 Å². The second kappa shape index (κ2) is 4.83. The number of aromatic hydroxyl groups is 1. The molecule has 1 rings (SSSR count). The quantitative estimate of drug-likeness (QED) is 0.647. The average Bonchev–Trinajstić information content (AvgIpc) is 2.20. The fourth-order valence-corrected chi connectivity index (χ4v) is 1.19. The van der Waals surface area contributed by atoms with Crippen LogP contribution in [-0.4, -0.2) is 30.0 Å². The SMILES string of the molecule is COc1ccc(CC(N)CO)c(O)c1. The molecule has 0 saturated heterocycles. The van der Waals surface area contributed by atoms with Gasteiger partial charge < -0.3 is 20.7 Å². The van der Waals surface area contributed by atoms with Crippen molar-refractivity contribution in [3.63, 3.8) is 0 Å². The molecule has 1 aromatic rings. The molecule has 0 spiro atoms. The number of aliphatic hydroxyl groups is 1. The van der Waals surface area contributed by atoms with Gasteiger partial charge in [-0.15, -0.1) is 0 Å². The van der Waals surface area contributed by atoms with Crippen molar-refractivity contribution in [2.24, 2.45) is 5.73 Å². The van der Waals surface area contributed by atoms with E-state index in [1.807, 2.05) is 0 Å². The van der Waals surface area contributed by atoms with Crippen LogP contribution in [0, 0.1) is 0 Å². The minimum atomic E-state index is -0.339. The van der Waals surface area contributed by atoms with E-state index in [4.69, 9.17) is 15.6 Å². The van der Waals surface area contributed by atoms with Crippen LogP contribution in [0.4, 0.5) is 0 Å². The number of hydrogen-bond donors (Lipinski definition) is 3. The van der Waals surface area contributed by atoms with E-state index in [1.165, 1.54) is 13.2 Å². The molecule has 14 heavy (non-hydrogen) atoms. The zero-order valence-corrected chi connectivity index (χ0v) is 8.10. The van der Waals surface area contributed by atoms with E-state index in [0.29, 0.717) is 17.7 Å². The number of hydrogen-bond acceptors (Lipinski definition) is 4. The molecule has 0 fully saturated rings. The van der Waals surface area contributed by atoms with Crippen molar-refractivity contribution in [3.05, 3.63) is 23.8 Å². The second-order valence-electron chi connectivity index (χ2n) is 3.14. The van der Waals surface area contributed by atoms with Gasteiger partial charge in [0.15, 0.2) is 0 Å². The number of ether oxygens (including phenoxy) is 1. The van der Waals surface area contributed by atoms with Crippen LogP contribution in [0.1, 0.15) is 5.56 Å². The van der Waals surface area contributed by atoms with Gasteiger partial charge in [0.05, 0.1) is 13.7 Å². The summed E-state index contributed by atoms with van der Waals surface area (Å²) < 4.78 is 4.94. The number of benzene rings is 1. The highest BCUT2D eigenvalue weighted by Gasteiger charge is 2.07. The molecule has 0 amide bonds. The van der Waals surface area contributed by atoms with Crippen LogP contribution in [0.3, 0.4) is 0 Å². The van der Waals surface area contributed by atoms with Crippen LogP contribution in [0.5, 0.6) is 11.5 Å². The first-order valence-corrected chi connectivity index (χ1v) is 4.39. The Hall–Kier alpha value is -1.26. The molecule has 0 saturated carbocycles. The molecular weight excluding hydrogens is 182 g/mol. The summed E-state index contributed by atoms with van der Waals surface area (Å²) in [7, 11) is 1.54. The van der Waals surface area contributed by atoms with Gasteiger partial charge in [-0.2, -0.15) is 0 Å². The van der Waals surface area contributed by atoms with Gasteiger partial charge in [-0.1, -0.05) is 6.07 Å². The smallest absolute Gasteiger partial charge is 0.122 e. The fraction of sp³-hybridized carbons (Fsp3) is 0.400. The standard InChI is InChI=1S/C10H15NO3/c1-14-9-3-2-7(10(13)5-9)4-8(11)6-12/h2-3,5,8,12-13H,4,6,11H2,1H3. The highest BCUT2D eigenvalue weighted by molar-refractivity contribution is 5.40. The van der Waals surface area contributed by atoms with Crippen molar-refractivity contribution >= 4 is 0 Å². The maximum atomic E-state index is 9.55. The summed E-state index contributed by atoms with van der Waals surface area (Å²) in [5.74, 6) is 0.747. The van der Waals surface area contributed by atoms with E-state index >= 15 is 0 Å². The Morgan fingerprint density at radius 1 is 1.50 bits per heavy atom. The van der Waals surface area contributed by atoms with Gasteiger partial charge >= 0.3 is 0 Å². The fourth-order valence-electron chi connectivity index (χ4n) is 1.19. The number of rotatable bonds is 4. The lowest BCUT2D eigenvalue weighted by Gasteiger charge is -2.10. The van der Waals surface area contributed by atoms with Gasteiger partial charge in [0.2, 0.25) is 0 Å². The van der Waals surface area contributed by atoms with Crippen LogP contribution in [-0.2, 0) is 6.42 Å². The number of phenolic OH excluding ortho intramolecular Hbond substituents is 1. The Bertz CT molecular complexity index is 301. The maximum Gasteiger partial charge on any atom is 0.122 e. The number of nitrogens with two attached hydrogens (primary N) is 1. The van der Waals surface area contributed by atoms with E-state index in [9.17, 15) is 5.11 Å². The molecule has 4 N–H and O–H groups in total. The van der Waals surface area contributed by atoms with Gasteiger partial charge in [-0.05, 0) is 18.1 Å². The molecule has 0 aliphatic rings. The van der Waals surface area contributed by atoms with Crippen LogP contribution < -0.4 is 10.5 Å². The van der Waals surface area contributed by atoms with Crippen molar-refractivity contribution < 1.29 is 14.9 Å². The van der Waals surface area contributed by atoms with Crippen LogP contribution in [0.2, 0.25) is 0 Å². The minimum absolute atomic E-state index is 0.0918. The van der Waals surface area contributed by atoms with E-state index < -0.39 is 0 Å². The number of phenols is 1. The molecule has 0 aliphatic heterocycles. The second-order valence-corrected chi connectivity index (χ2v) is 3.14. The monoisotopic (exact) mass is 197 g/mol. The molecule has 0 heterocycles. The lowest BCUT2D eigenvalue weighted by molar-refractivity contribution is 0.264. The molecule has 4 nitrogen and oxygen atoms in total. The molecule has 1 aromatic carbocycles. The van der Waals surface area contributed by atoms with Crippen molar-refractivity contribution in [2.45, 2.75) is 12.5 Å². The first-order chi connectivity index (χ1) is 6.67. The molecule has 0 aromatic heterocycles. The summed E-state index contributed by atoms with van der Waals surface area (Å²) in [6, 6.07) is 4.68. The Morgan fingerprint density at radius 2 is 2.21 bits per heavy atom. The third-order valence-corrected chi connectivity index (χ3v) is 2.01. The van der Waals surface area contributed by atoms with Crippen molar-refractivity contribution in [1.82, 2.24) is 0 Å². The summed E-state index contributed by atoms with van der Waals surface area (Å²) in [5, 5.41) is 18.3. The van der Waals surface area contributed by atoms with Gasteiger partial charge in [0.1, 0.15) is 11.5 Å². The van der Waals surface area contributed by atoms with E-state index in [2.05, 4.69) is 0 Å². The van der Waals surface area contributed by atoms with Gasteiger partial charge in [-0.25, -0.2) is 0 Å². The summed E-state index contributed by atoms with van der Waals surface area (Å²) >= 11 is 0.